The number of carbonyl (C=O) groups is 2. The topological polar surface area (TPSA) is 105 Å². The number of methoxy groups -OCH3 is 1. The first-order valence-corrected chi connectivity index (χ1v) is 14.3. The smallest absolute Gasteiger partial charge is 0.343 e. The number of anilines is 1. The van der Waals surface area contributed by atoms with Gasteiger partial charge in [-0.2, -0.15) is 0 Å². The monoisotopic (exact) mass is 545 g/mol. The van der Waals surface area contributed by atoms with Crippen LogP contribution in [0.25, 0.3) is 0 Å². The summed E-state index contributed by atoms with van der Waals surface area (Å²) < 4.78 is 54.8. The summed E-state index contributed by atoms with van der Waals surface area (Å²) in [7, 11) is -1.48. The molecule has 0 aromatic heterocycles. The molecule has 2 aromatic rings. The zero-order valence-electron chi connectivity index (χ0n) is 21.7. The molecule has 0 radical (unpaired) electrons. The van der Waals surface area contributed by atoms with Crippen LogP contribution in [0.5, 0.6) is 5.75 Å². The van der Waals surface area contributed by atoms with Crippen LogP contribution in [0.15, 0.2) is 35.2 Å². The van der Waals surface area contributed by atoms with Crippen LogP contribution in [-0.2, 0) is 26.1 Å². The number of ether oxygens (including phenoxy) is 2. The van der Waals surface area contributed by atoms with Crippen LogP contribution in [0.3, 0.4) is 0 Å². The molecule has 1 amide bonds. The van der Waals surface area contributed by atoms with Gasteiger partial charge in [-0.1, -0.05) is 13.0 Å². The summed E-state index contributed by atoms with van der Waals surface area (Å²) in [5, 5.41) is 0. The molecule has 3 aliphatic rings. The SMILES string of the molecule is CCN1CCC[C@@H]1C(=O)N(C)Cc1cc(F)ccc1S(=O)(=O)Nc1ccc2c(c1C(=O)OC)OCC1CC21. The Kier molecular flexibility index (Phi) is 7.08. The number of likely N-dealkylation sites (tertiary alicyclic amines) is 1. The van der Waals surface area contributed by atoms with Gasteiger partial charge in [0.1, 0.15) is 17.1 Å². The highest BCUT2D eigenvalue weighted by atomic mass is 32.2. The number of amides is 1. The Bertz CT molecular complexity index is 1380. The van der Waals surface area contributed by atoms with Crippen molar-refractivity contribution in [3.05, 3.63) is 52.8 Å². The number of sulfonamides is 1. The molecular weight excluding hydrogens is 513 g/mol. The van der Waals surface area contributed by atoms with Gasteiger partial charge < -0.3 is 14.4 Å². The van der Waals surface area contributed by atoms with E-state index < -0.39 is 21.8 Å². The third-order valence-electron chi connectivity index (χ3n) is 7.74. The van der Waals surface area contributed by atoms with E-state index in [0.717, 1.165) is 50.0 Å². The first-order valence-electron chi connectivity index (χ1n) is 12.8. The fourth-order valence-electron chi connectivity index (χ4n) is 5.64. The number of nitrogens with one attached hydrogen (secondary N) is 1. The number of likely N-dealkylation sites (N-methyl/N-ethyl adjacent to an activating group) is 2. The second-order valence-electron chi connectivity index (χ2n) is 10.1. The van der Waals surface area contributed by atoms with Crippen molar-refractivity contribution in [3.8, 4) is 5.75 Å². The Morgan fingerprint density at radius 2 is 2.05 bits per heavy atom. The summed E-state index contributed by atoms with van der Waals surface area (Å²) >= 11 is 0. The molecule has 1 N–H and O–H groups in total. The van der Waals surface area contributed by atoms with Crippen molar-refractivity contribution in [2.75, 3.05) is 38.6 Å². The Labute approximate surface area is 221 Å². The fourth-order valence-corrected chi connectivity index (χ4v) is 6.93. The third kappa shape index (κ3) is 4.84. The second kappa shape index (κ2) is 10.2. The Hall–Kier alpha value is -3.18. The molecule has 204 valence electrons. The predicted octanol–water partition coefficient (Wildman–Crippen LogP) is 3.35. The number of rotatable bonds is 8. The summed E-state index contributed by atoms with van der Waals surface area (Å²) in [6.07, 6.45) is 2.60. The molecule has 38 heavy (non-hydrogen) atoms. The minimum atomic E-state index is -4.29. The van der Waals surface area contributed by atoms with Crippen LogP contribution in [-0.4, -0.2) is 70.0 Å². The van der Waals surface area contributed by atoms with Crippen LogP contribution in [0.4, 0.5) is 10.1 Å². The lowest BCUT2D eigenvalue weighted by atomic mass is 10.0. The highest BCUT2D eigenvalue weighted by molar-refractivity contribution is 7.92. The maximum atomic E-state index is 14.3. The van der Waals surface area contributed by atoms with Crippen molar-refractivity contribution in [2.24, 2.45) is 5.92 Å². The lowest BCUT2D eigenvalue weighted by molar-refractivity contribution is -0.135. The molecule has 1 saturated heterocycles. The highest BCUT2D eigenvalue weighted by Crippen LogP contribution is 2.55. The van der Waals surface area contributed by atoms with E-state index in [1.54, 1.807) is 13.1 Å². The number of esters is 1. The Morgan fingerprint density at radius 1 is 1.26 bits per heavy atom. The van der Waals surface area contributed by atoms with Crippen LogP contribution >= 0.6 is 0 Å². The van der Waals surface area contributed by atoms with E-state index in [-0.39, 0.29) is 46.1 Å². The molecule has 2 aliphatic heterocycles. The van der Waals surface area contributed by atoms with E-state index >= 15 is 0 Å². The molecule has 0 bridgehead atoms. The zero-order valence-corrected chi connectivity index (χ0v) is 22.5. The van der Waals surface area contributed by atoms with Gasteiger partial charge in [0, 0.05) is 19.5 Å². The van der Waals surface area contributed by atoms with Crippen LogP contribution in [0.1, 0.15) is 53.6 Å². The van der Waals surface area contributed by atoms with E-state index in [2.05, 4.69) is 9.62 Å². The van der Waals surface area contributed by atoms with Gasteiger partial charge in [0.2, 0.25) is 5.91 Å². The zero-order chi connectivity index (χ0) is 27.2. The molecule has 0 spiro atoms. The van der Waals surface area contributed by atoms with Gasteiger partial charge in [0.25, 0.3) is 10.0 Å². The molecule has 5 rings (SSSR count). The van der Waals surface area contributed by atoms with Crippen LogP contribution in [0, 0.1) is 11.7 Å². The van der Waals surface area contributed by atoms with E-state index in [4.69, 9.17) is 9.47 Å². The molecular formula is C27H32FN3O6S. The normalized spacial score (nSPS) is 22.2. The predicted molar refractivity (Wildman–Crippen MR) is 138 cm³/mol. The molecule has 1 saturated carbocycles. The number of hydrogen-bond donors (Lipinski definition) is 1. The summed E-state index contributed by atoms with van der Waals surface area (Å²) in [6, 6.07) is 6.37. The fraction of sp³-hybridized carbons (Fsp3) is 0.481. The van der Waals surface area contributed by atoms with Gasteiger partial charge in [-0.05, 0) is 73.7 Å². The number of nitrogens with zero attached hydrogens (tertiary/aromatic N) is 2. The minimum absolute atomic E-state index is 0.00997. The molecule has 11 heteroatoms. The van der Waals surface area contributed by atoms with Crippen LogP contribution < -0.4 is 9.46 Å². The minimum Gasteiger partial charge on any atom is -0.492 e. The van der Waals surface area contributed by atoms with Gasteiger partial charge in [0.05, 0.1) is 30.3 Å². The molecule has 2 fully saturated rings. The second-order valence-corrected chi connectivity index (χ2v) is 11.8. The average Bonchev–Trinajstić information content (AvgIpc) is 3.54. The molecule has 2 heterocycles. The number of benzene rings is 2. The van der Waals surface area contributed by atoms with Crippen molar-refractivity contribution in [1.29, 1.82) is 0 Å². The first-order chi connectivity index (χ1) is 18.1. The van der Waals surface area contributed by atoms with Crippen molar-refractivity contribution in [3.63, 3.8) is 0 Å². The molecule has 1 aliphatic carbocycles. The summed E-state index contributed by atoms with van der Waals surface area (Å²) in [4.78, 5) is 29.2. The van der Waals surface area contributed by atoms with E-state index in [1.165, 1.54) is 24.1 Å². The number of carbonyl (C=O) groups excluding carboxylic acids is 2. The standard InChI is InChI=1S/C27H32FN3O6S/c1-4-31-11-5-6-22(31)26(32)30(2)14-16-12-18(28)7-10-23(16)38(34,35)29-21-9-8-19-20-13-17(20)15-37-25(19)24(21)27(33)36-3/h7-10,12,17,20,22,29H,4-6,11,13-15H2,1-3H3/t17?,20?,22-/m1/s1. The maximum absolute atomic E-state index is 14.3. The quantitative estimate of drug-likeness (QED) is 0.507. The molecule has 2 aromatic carbocycles. The van der Waals surface area contributed by atoms with Crippen molar-refractivity contribution >= 4 is 27.6 Å². The number of fused-ring (bicyclic) bond motifs is 3. The molecule has 9 nitrogen and oxygen atoms in total. The van der Waals surface area contributed by atoms with Gasteiger partial charge in [0.15, 0.2) is 0 Å². The average molecular weight is 546 g/mol. The van der Waals surface area contributed by atoms with Crippen molar-refractivity contribution in [2.45, 2.75) is 49.6 Å². The maximum Gasteiger partial charge on any atom is 0.343 e. The van der Waals surface area contributed by atoms with Gasteiger partial charge in [-0.25, -0.2) is 17.6 Å². The van der Waals surface area contributed by atoms with E-state index in [9.17, 15) is 22.4 Å². The van der Waals surface area contributed by atoms with Gasteiger partial charge in [-0.3, -0.25) is 14.4 Å². The largest absolute Gasteiger partial charge is 0.492 e. The van der Waals surface area contributed by atoms with Crippen molar-refractivity contribution in [1.82, 2.24) is 9.80 Å². The lowest BCUT2D eigenvalue weighted by Gasteiger charge is -2.27. The van der Waals surface area contributed by atoms with E-state index in [0.29, 0.717) is 18.3 Å². The third-order valence-corrected chi connectivity index (χ3v) is 9.20. The van der Waals surface area contributed by atoms with Gasteiger partial charge >= 0.3 is 5.97 Å². The first kappa shape index (κ1) is 26.4. The van der Waals surface area contributed by atoms with Gasteiger partial charge in [-0.15, -0.1) is 0 Å². The summed E-state index contributed by atoms with van der Waals surface area (Å²) in [5.41, 5.74) is 1.01. The number of hydrogen-bond acceptors (Lipinski definition) is 7. The van der Waals surface area contributed by atoms with Crippen LogP contribution in [0.2, 0.25) is 0 Å². The Balaban J connectivity index is 1.45. The molecule has 3 atom stereocenters. The summed E-state index contributed by atoms with van der Waals surface area (Å²) in [5.74, 6) is -0.452. The highest BCUT2D eigenvalue weighted by Gasteiger charge is 2.45. The lowest BCUT2D eigenvalue weighted by Crippen LogP contribution is -2.43. The van der Waals surface area contributed by atoms with Crippen molar-refractivity contribution < 1.29 is 31.9 Å². The molecule has 2 unspecified atom stereocenters. The Morgan fingerprint density at radius 3 is 2.79 bits per heavy atom. The van der Waals surface area contributed by atoms with E-state index in [1.807, 2.05) is 6.92 Å². The number of halogens is 1. The summed E-state index contributed by atoms with van der Waals surface area (Å²) in [6.45, 7) is 3.92.